The number of nitrogens with one attached hydrogen (secondary N) is 2. The maximum absolute atomic E-state index is 16.0. The van der Waals surface area contributed by atoms with Crippen molar-refractivity contribution in [3.05, 3.63) is 33.4 Å². The van der Waals surface area contributed by atoms with Crippen molar-refractivity contribution < 1.29 is 51.4 Å². The molecule has 3 aliphatic rings. The molecule has 0 radical (unpaired) electrons. The largest absolute Gasteiger partial charge is 0.472 e. The molecule has 0 aliphatic carbocycles. The van der Waals surface area contributed by atoms with Crippen LogP contribution in [0.5, 0.6) is 0 Å². The summed E-state index contributed by atoms with van der Waals surface area (Å²) in [5, 5.41) is 11.1. The summed E-state index contributed by atoms with van der Waals surface area (Å²) in [7, 11) is -5.15. The fraction of sp³-hybridized carbons (Fsp3) is 0.500. The molecular weight excluding hydrogens is 685 g/mol. The van der Waals surface area contributed by atoms with Crippen LogP contribution in [0.2, 0.25) is 0 Å². The molecule has 9 N–H and O–H groups in total. The Bertz CT molecular complexity index is 2060. The van der Waals surface area contributed by atoms with E-state index in [1.54, 1.807) is 0 Å². The lowest BCUT2D eigenvalue weighted by Gasteiger charge is -2.27. The molecule has 7 heterocycles. The highest BCUT2D eigenvalue weighted by molar-refractivity contribution is 8.07. The Morgan fingerprint density at radius 2 is 1.43 bits per heavy atom. The Hall–Kier alpha value is -3.25. The number of phosphoric acid groups is 1. The molecule has 22 nitrogen and oxygen atoms in total. The number of ether oxygens (including phenoxy) is 2. The third kappa shape index (κ3) is 5.44. The van der Waals surface area contributed by atoms with Crippen LogP contribution in [0.25, 0.3) is 22.3 Å². The lowest BCUT2D eigenvalue weighted by Crippen LogP contribution is -2.35. The standard InChI is InChI=1S/C20H23FN10O12P2S/c21-7-11-6(41-17(7)30-3-24-8-13(30)26-19(22)28-15(8)33)2-39-45(37,46)43-12-10(32)5(1-38-44(35,36)42-11)40-18(12)31-4-25-9-14(31)27-20(23)29-16(9)34/h3-7,10-12,17-18,32H,1-2H2,(H,35,36)(H,37,46)(H3,22,26,28,33)(H3,23,27,29,34)/t5-,6-,7+,10+,11?,12?,17-,18-,45?/m1/s1. The van der Waals surface area contributed by atoms with Crippen molar-refractivity contribution in [1.29, 1.82) is 0 Å². The van der Waals surface area contributed by atoms with Gasteiger partial charge in [0.25, 0.3) is 11.1 Å². The molecule has 3 aliphatic heterocycles. The number of hydrogen-bond acceptors (Lipinski definition) is 17. The minimum absolute atomic E-state index is 0.0921. The molecule has 46 heavy (non-hydrogen) atoms. The number of halogens is 1. The molecule has 0 amide bonds. The summed E-state index contributed by atoms with van der Waals surface area (Å²) in [5.41, 5.74) is 9.30. The van der Waals surface area contributed by atoms with E-state index in [0.29, 0.717) is 0 Å². The summed E-state index contributed by atoms with van der Waals surface area (Å²) in [6, 6.07) is 0. The van der Waals surface area contributed by atoms with Gasteiger partial charge in [0, 0.05) is 0 Å². The molecule has 4 unspecified atom stereocenters. The quantitative estimate of drug-likeness (QED) is 0.111. The van der Waals surface area contributed by atoms with Gasteiger partial charge in [-0.05, 0) is 11.8 Å². The molecule has 0 spiro atoms. The van der Waals surface area contributed by atoms with Gasteiger partial charge in [-0.2, -0.15) is 9.97 Å². The average Bonchev–Trinajstić information content (AvgIpc) is 3.72. The second-order valence-corrected chi connectivity index (χ2v) is 14.5. The third-order valence-electron chi connectivity index (χ3n) is 7.34. The zero-order chi connectivity index (χ0) is 32.7. The topological polar surface area (TPSA) is 312 Å². The van der Waals surface area contributed by atoms with Crippen LogP contribution in [0.1, 0.15) is 12.5 Å². The summed E-state index contributed by atoms with van der Waals surface area (Å²) in [6.07, 6.45) is -11.2. The highest BCUT2D eigenvalue weighted by Crippen LogP contribution is 2.54. The normalized spacial score (nSPS) is 37.1. The van der Waals surface area contributed by atoms with E-state index in [1.165, 1.54) is 4.57 Å². The van der Waals surface area contributed by atoms with Crippen LogP contribution < -0.4 is 22.6 Å². The van der Waals surface area contributed by atoms with Crippen LogP contribution in [0.4, 0.5) is 16.3 Å². The number of imidazole rings is 2. The van der Waals surface area contributed by atoms with Gasteiger partial charge in [-0.1, -0.05) is 0 Å². The first-order chi connectivity index (χ1) is 21.7. The molecular formula is C20H23FN10O12P2S. The van der Waals surface area contributed by atoms with Crippen molar-refractivity contribution in [2.75, 3.05) is 24.7 Å². The lowest BCUT2D eigenvalue weighted by molar-refractivity contribution is -0.0635. The number of anilines is 2. The second-order valence-electron chi connectivity index (χ2n) is 10.3. The first-order valence-corrected chi connectivity index (χ1v) is 17.2. The number of aliphatic hydroxyl groups is 1. The Balaban J connectivity index is 1.21. The molecule has 3 saturated heterocycles. The van der Waals surface area contributed by atoms with Crippen molar-refractivity contribution in [1.82, 2.24) is 39.0 Å². The number of alkyl halides is 1. The molecule has 2 bridgehead atoms. The van der Waals surface area contributed by atoms with E-state index in [4.69, 9.17) is 50.8 Å². The van der Waals surface area contributed by atoms with Gasteiger partial charge in [0.2, 0.25) is 11.9 Å². The number of nitrogen functional groups attached to an aromatic ring is 2. The van der Waals surface area contributed by atoms with Crippen molar-refractivity contribution in [2.45, 2.75) is 49.1 Å². The summed E-state index contributed by atoms with van der Waals surface area (Å²) in [4.78, 5) is 66.5. The fourth-order valence-corrected chi connectivity index (χ4v) is 7.70. The molecule has 7 rings (SSSR count). The SMILES string of the molecule is Nc1nc2c(ncn2[C@@H]2O[C@@H]3COP(=O)(O)OC4[C@@H](COP(O)(=S)OC2[C@H]3O)O[C@@H](n2cnc3c(=O)[nH]c(N)nc32)[C@H]4F)c(=O)[nH]1. The van der Waals surface area contributed by atoms with Gasteiger partial charge in [0.15, 0.2) is 41.0 Å². The maximum atomic E-state index is 16.0. The van der Waals surface area contributed by atoms with E-state index in [1.807, 2.05) is 0 Å². The second kappa shape index (κ2) is 11.2. The monoisotopic (exact) mass is 708 g/mol. The summed E-state index contributed by atoms with van der Waals surface area (Å²) in [5.74, 6) is -0.565. The van der Waals surface area contributed by atoms with Crippen LogP contribution in [-0.2, 0) is 43.9 Å². The molecule has 4 aromatic rings. The van der Waals surface area contributed by atoms with Crippen molar-refractivity contribution in [3.63, 3.8) is 0 Å². The Morgan fingerprint density at radius 1 is 0.891 bits per heavy atom. The number of aromatic nitrogens is 8. The first-order valence-electron chi connectivity index (χ1n) is 13.1. The number of fused-ring (bicyclic) bond motifs is 5. The molecule has 4 aromatic heterocycles. The van der Waals surface area contributed by atoms with E-state index in [9.17, 15) is 29.0 Å². The van der Waals surface area contributed by atoms with E-state index < -0.39 is 88.0 Å². The number of H-pyrrole nitrogens is 2. The van der Waals surface area contributed by atoms with Crippen LogP contribution >= 0.6 is 14.5 Å². The van der Waals surface area contributed by atoms with Crippen LogP contribution in [-0.4, -0.2) is 104 Å². The Labute approximate surface area is 258 Å². The number of rotatable bonds is 2. The Morgan fingerprint density at radius 3 is 2.04 bits per heavy atom. The van der Waals surface area contributed by atoms with Crippen molar-refractivity contribution in [2.24, 2.45) is 0 Å². The molecule has 26 heteroatoms. The van der Waals surface area contributed by atoms with Crippen molar-refractivity contribution >= 4 is 60.6 Å². The summed E-state index contributed by atoms with van der Waals surface area (Å²) in [6.45, 7) is -5.95. The van der Waals surface area contributed by atoms with Gasteiger partial charge in [-0.15, -0.1) is 0 Å². The number of nitrogens with two attached hydrogens (primary N) is 2. The molecule has 3 fully saturated rings. The number of aromatic amines is 2. The zero-order valence-corrected chi connectivity index (χ0v) is 25.3. The smallest absolute Gasteiger partial charge is 0.387 e. The van der Waals surface area contributed by atoms with Gasteiger partial charge < -0.3 is 40.4 Å². The van der Waals surface area contributed by atoms with Gasteiger partial charge in [0.05, 0.1) is 25.9 Å². The van der Waals surface area contributed by atoms with Crippen molar-refractivity contribution in [3.8, 4) is 0 Å². The predicted octanol–water partition coefficient (Wildman–Crippen LogP) is -1.95. The minimum Gasteiger partial charge on any atom is -0.387 e. The molecule has 10 atom stereocenters. The van der Waals surface area contributed by atoms with E-state index in [2.05, 4.69) is 29.9 Å². The number of nitrogens with zero attached hydrogens (tertiary/aromatic N) is 6. The van der Waals surface area contributed by atoms with Crippen LogP contribution in [0, 0.1) is 0 Å². The highest BCUT2D eigenvalue weighted by atomic mass is 32.5. The lowest BCUT2D eigenvalue weighted by atomic mass is 10.1. The fourth-order valence-electron chi connectivity index (χ4n) is 5.33. The minimum atomic E-state index is -5.15. The van der Waals surface area contributed by atoms with E-state index in [-0.39, 0.29) is 34.2 Å². The van der Waals surface area contributed by atoms with Gasteiger partial charge in [-0.3, -0.25) is 42.3 Å². The number of phosphoric ester groups is 1. The number of aliphatic hydroxyl groups excluding tert-OH is 1. The van der Waals surface area contributed by atoms with Gasteiger partial charge in [-0.25, -0.2) is 18.9 Å². The zero-order valence-electron chi connectivity index (χ0n) is 22.7. The number of hydrogen-bond donors (Lipinski definition) is 7. The molecule has 0 aromatic carbocycles. The third-order valence-corrected chi connectivity index (χ3v) is 9.89. The predicted molar refractivity (Wildman–Crippen MR) is 152 cm³/mol. The molecule has 0 saturated carbocycles. The van der Waals surface area contributed by atoms with Gasteiger partial charge in [0.1, 0.15) is 30.5 Å². The first kappa shape index (κ1) is 31.4. The summed E-state index contributed by atoms with van der Waals surface area (Å²) < 4.78 is 64.1. The highest BCUT2D eigenvalue weighted by Gasteiger charge is 2.54. The maximum Gasteiger partial charge on any atom is 0.472 e. The van der Waals surface area contributed by atoms with Gasteiger partial charge >= 0.3 is 14.5 Å². The van der Waals surface area contributed by atoms with Crippen LogP contribution in [0.3, 0.4) is 0 Å². The Kier molecular flexibility index (Phi) is 7.62. The van der Waals surface area contributed by atoms with E-state index >= 15 is 4.39 Å². The van der Waals surface area contributed by atoms with Crippen LogP contribution in [0.15, 0.2) is 22.2 Å². The van der Waals surface area contributed by atoms with E-state index in [0.717, 1.165) is 17.2 Å². The molecule has 248 valence electrons. The summed E-state index contributed by atoms with van der Waals surface area (Å²) >= 11 is 5.17. The average molecular weight is 708 g/mol.